The van der Waals surface area contributed by atoms with Crippen molar-refractivity contribution in [2.24, 2.45) is 10.7 Å². The van der Waals surface area contributed by atoms with E-state index in [4.69, 9.17) is 5.73 Å². The van der Waals surface area contributed by atoms with E-state index in [2.05, 4.69) is 26.2 Å². The number of nitrogens with two attached hydrogens (primary N) is 1. The van der Waals surface area contributed by atoms with Gasteiger partial charge in [0, 0.05) is 10.0 Å². The fraction of sp³-hybridized carbons (Fsp3) is 0.533. The Bertz CT molecular complexity index is 471. The van der Waals surface area contributed by atoms with Gasteiger partial charge in [0.05, 0.1) is 6.54 Å². The number of nitrogens with one attached hydrogen (secondary N) is 1. The van der Waals surface area contributed by atoms with Gasteiger partial charge in [-0.1, -0.05) is 35.0 Å². The van der Waals surface area contributed by atoms with Crippen molar-refractivity contribution in [1.82, 2.24) is 5.32 Å². The minimum Gasteiger partial charge on any atom is -0.383 e. The molecule has 0 fully saturated rings. The normalized spacial score (nSPS) is 15.0. The lowest BCUT2D eigenvalue weighted by molar-refractivity contribution is 0.0423. The fourth-order valence-corrected chi connectivity index (χ4v) is 2.07. The topological polar surface area (TPSA) is 70.6 Å². The smallest absolute Gasteiger partial charge is 0.189 e. The lowest BCUT2D eigenvalue weighted by Gasteiger charge is -2.27. The minimum absolute atomic E-state index is 0. The molecule has 120 valence electrons. The van der Waals surface area contributed by atoms with E-state index in [0.29, 0.717) is 12.4 Å². The predicted molar refractivity (Wildman–Crippen MR) is 103 cm³/mol. The molecule has 0 aliphatic carbocycles. The summed E-state index contributed by atoms with van der Waals surface area (Å²) in [5, 5.41) is 13.8. The van der Waals surface area contributed by atoms with E-state index in [-0.39, 0.29) is 36.1 Å². The van der Waals surface area contributed by atoms with Crippen molar-refractivity contribution in [2.45, 2.75) is 45.3 Å². The third-order valence-electron chi connectivity index (χ3n) is 2.98. The van der Waals surface area contributed by atoms with Crippen LogP contribution in [-0.2, 0) is 5.60 Å². The van der Waals surface area contributed by atoms with Crippen LogP contribution in [-0.4, -0.2) is 23.1 Å². The molecule has 6 heteroatoms. The Hall–Kier alpha value is -0.340. The molecular weight excluding hydrogens is 445 g/mol. The quantitative estimate of drug-likeness (QED) is 0.359. The lowest BCUT2D eigenvalue weighted by atomic mass is 9.91. The van der Waals surface area contributed by atoms with Crippen molar-refractivity contribution in [3.8, 4) is 0 Å². The number of nitrogens with zero attached hydrogens (tertiary/aromatic N) is 1. The molecule has 21 heavy (non-hydrogen) atoms. The number of guanidine groups is 1. The van der Waals surface area contributed by atoms with Crippen LogP contribution in [0.3, 0.4) is 0 Å². The van der Waals surface area contributed by atoms with Gasteiger partial charge in [-0.15, -0.1) is 24.0 Å². The van der Waals surface area contributed by atoms with Crippen LogP contribution in [0.15, 0.2) is 33.7 Å². The van der Waals surface area contributed by atoms with Gasteiger partial charge in [-0.05, 0) is 44.9 Å². The Balaban J connectivity index is 0.00000400. The van der Waals surface area contributed by atoms with E-state index in [1.165, 1.54) is 0 Å². The second-order valence-electron chi connectivity index (χ2n) is 5.97. The van der Waals surface area contributed by atoms with Crippen molar-refractivity contribution < 1.29 is 5.11 Å². The number of aliphatic hydroxyl groups is 1. The summed E-state index contributed by atoms with van der Waals surface area (Å²) in [6, 6.07) is 7.62. The van der Waals surface area contributed by atoms with E-state index < -0.39 is 5.60 Å². The van der Waals surface area contributed by atoms with Crippen LogP contribution in [0.5, 0.6) is 0 Å². The molecule has 0 bridgehead atoms. The number of aliphatic imine (C=N–C) groups is 1. The molecule has 0 aliphatic heterocycles. The average Bonchev–Trinajstić information content (AvgIpc) is 2.35. The van der Waals surface area contributed by atoms with Crippen LogP contribution in [0.4, 0.5) is 0 Å². The monoisotopic (exact) mass is 469 g/mol. The summed E-state index contributed by atoms with van der Waals surface area (Å²) in [6.45, 7) is 8.20. The standard InChI is InChI=1S/C15H24BrN3O.HI/c1-5-15(20,11-6-8-12(16)9-7-11)10-18-13(17)19-14(2,3)4;/h6-9,20H,5,10H2,1-4H3,(H3,17,18,19);1H. The number of benzene rings is 1. The molecule has 0 aromatic heterocycles. The van der Waals surface area contributed by atoms with Crippen LogP contribution in [0.1, 0.15) is 39.7 Å². The Kier molecular flexibility index (Phi) is 8.20. The number of halogens is 2. The first kappa shape index (κ1) is 20.7. The second-order valence-corrected chi connectivity index (χ2v) is 6.88. The van der Waals surface area contributed by atoms with Crippen LogP contribution in [0.25, 0.3) is 0 Å². The molecule has 1 rings (SSSR count). The first-order chi connectivity index (χ1) is 9.16. The van der Waals surface area contributed by atoms with E-state index in [1.807, 2.05) is 52.0 Å². The maximum absolute atomic E-state index is 10.7. The summed E-state index contributed by atoms with van der Waals surface area (Å²) in [4.78, 5) is 4.27. The highest BCUT2D eigenvalue weighted by Crippen LogP contribution is 2.26. The van der Waals surface area contributed by atoms with Gasteiger partial charge in [-0.3, -0.25) is 4.99 Å². The molecule has 0 spiro atoms. The van der Waals surface area contributed by atoms with Gasteiger partial charge in [0.15, 0.2) is 5.96 Å². The van der Waals surface area contributed by atoms with Gasteiger partial charge in [0.25, 0.3) is 0 Å². The molecule has 0 radical (unpaired) electrons. The lowest BCUT2D eigenvalue weighted by Crippen LogP contribution is -2.45. The van der Waals surface area contributed by atoms with E-state index in [0.717, 1.165) is 10.0 Å². The molecular formula is C15H25BrIN3O. The van der Waals surface area contributed by atoms with Crippen molar-refractivity contribution in [3.63, 3.8) is 0 Å². The summed E-state index contributed by atoms with van der Waals surface area (Å²) >= 11 is 3.39. The highest BCUT2D eigenvalue weighted by Gasteiger charge is 2.27. The second kappa shape index (κ2) is 8.33. The van der Waals surface area contributed by atoms with E-state index in [9.17, 15) is 5.11 Å². The molecule has 4 N–H and O–H groups in total. The van der Waals surface area contributed by atoms with E-state index in [1.54, 1.807) is 0 Å². The molecule has 1 atom stereocenters. The number of hydrogen-bond donors (Lipinski definition) is 3. The fourth-order valence-electron chi connectivity index (χ4n) is 1.81. The zero-order valence-electron chi connectivity index (χ0n) is 13.0. The van der Waals surface area contributed by atoms with Gasteiger partial charge >= 0.3 is 0 Å². The zero-order valence-corrected chi connectivity index (χ0v) is 16.9. The number of hydrogen-bond acceptors (Lipinski definition) is 2. The molecule has 4 nitrogen and oxygen atoms in total. The van der Waals surface area contributed by atoms with Crippen molar-refractivity contribution in [3.05, 3.63) is 34.3 Å². The van der Waals surface area contributed by atoms with Crippen LogP contribution in [0.2, 0.25) is 0 Å². The molecule has 0 amide bonds. The van der Waals surface area contributed by atoms with Crippen LogP contribution in [0, 0.1) is 0 Å². The summed E-state index contributed by atoms with van der Waals surface area (Å²) in [5.74, 6) is 0.349. The average molecular weight is 470 g/mol. The Morgan fingerprint density at radius 1 is 1.29 bits per heavy atom. The van der Waals surface area contributed by atoms with Gasteiger partial charge < -0.3 is 16.2 Å². The highest BCUT2D eigenvalue weighted by molar-refractivity contribution is 14.0. The maximum atomic E-state index is 10.7. The van der Waals surface area contributed by atoms with Crippen molar-refractivity contribution in [2.75, 3.05) is 6.54 Å². The van der Waals surface area contributed by atoms with Crippen LogP contribution >= 0.6 is 39.9 Å². The maximum Gasteiger partial charge on any atom is 0.189 e. The molecule has 1 aromatic carbocycles. The van der Waals surface area contributed by atoms with Gasteiger partial charge in [-0.2, -0.15) is 0 Å². The highest BCUT2D eigenvalue weighted by atomic mass is 127. The predicted octanol–water partition coefficient (Wildman–Crippen LogP) is 3.37. The van der Waals surface area contributed by atoms with Gasteiger partial charge in [0.2, 0.25) is 0 Å². The third-order valence-corrected chi connectivity index (χ3v) is 3.51. The van der Waals surface area contributed by atoms with Crippen LogP contribution < -0.4 is 11.1 Å². The minimum atomic E-state index is -0.995. The van der Waals surface area contributed by atoms with E-state index >= 15 is 0 Å². The Morgan fingerprint density at radius 3 is 2.24 bits per heavy atom. The first-order valence-corrected chi connectivity index (χ1v) is 7.52. The van der Waals surface area contributed by atoms with Gasteiger partial charge in [-0.25, -0.2) is 0 Å². The van der Waals surface area contributed by atoms with Crippen molar-refractivity contribution >= 4 is 45.9 Å². The number of rotatable bonds is 4. The zero-order chi connectivity index (χ0) is 15.4. The molecule has 0 saturated heterocycles. The molecule has 1 aromatic rings. The Morgan fingerprint density at radius 2 is 1.81 bits per heavy atom. The summed E-state index contributed by atoms with van der Waals surface area (Å²) < 4.78 is 0.983. The summed E-state index contributed by atoms with van der Waals surface area (Å²) in [5.41, 5.74) is 5.55. The molecule has 0 aliphatic rings. The molecule has 1 unspecified atom stereocenters. The summed E-state index contributed by atoms with van der Waals surface area (Å²) in [6.07, 6.45) is 0.570. The molecule has 0 saturated carbocycles. The Labute approximate surface area is 152 Å². The largest absolute Gasteiger partial charge is 0.383 e. The first-order valence-electron chi connectivity index (χ1n) is 6.73. The van der Waals surface area contributed by atoms with Gasteiger partial charge in [0.1, 0.15) is 5.60 Å². The molecule has 0 heterocycles. The summed E-state index contributed by atoms with van der Waals surface area (Å²) in [7, 11) is 0. The van der Waals surface area contributed by atoms with Crippen molar-refractivity contribution in [1.29, 1.82) is 0 Å². The SMILES string of the molecule is CCC(O)(CN=C(N)NC(C)(C)C)c1ccc(Br)cc1.I. The third kappa shape index (κ3) is 6.97.